The summed E-state index contributed by atoms with van der Waals surface area (Å²) in [5.74, 6) is 0. The van der Waals surface area contributed by atoms with Crippen molar-refractivity contribution in [2.75, 3.05) is 0 Å². The van der Waals surface area contributed by atoms with Gasteiger partial charge in [0.15, 0.2) is 0 Å². The lowest BCUT2D eigenvalue weighted by Gasteiger charge is -2.02. The van der Waals surface area contributed by atoms with Gasteiger partial charge in [-0.05, 0) is 12.5 Å². The van der Waals surface area contributed by atoms with Crippen molar-refractivity contribution in [3.63, 3.8) is 0 Å². The summed E-state index contributed by atoms with van der Waals surface area (Å²) in [5, 5.41) is 0. The zero-order valence-corrected chi connectivity index (χ0v) is 7.47. The van der Waals surface area contributed by atoms with Gasteiger partial charge in [0.2, 0.25) is 0 Å². The fourth-order valence-electron chi connectivity index (χ4n) is 0.847. The third-order valence-corrected chi connectivity index (χ3v) is 1.44. The molecular weight excluding hydrogens is 174 g/mol. The summed E-state index contributed by atoms with van der Waals surface area (Å²) in [4.78, 5) is 14.9. The molecule has 1 aromatic rings. The van der Waals surface area contributed by atoms with E-state index in [1.165, 1.54) is 10.8 Å². The molecule has 0 fully saturated rings. The van der Waals surface area contributed by atoms with Gasteiger partial charge in [0.05, 0.1) is 11.5 Å². The Morgan fingerprint density at radius 2 is 2.50 bits per heavy atom. The van der Waals surface area contributed by atoms with Crippen LogP contribution in [0.3, 0.4) is 0 Å². The molecule has 0 amide bonds. The van der Waals surface area contributed by atoms with Gasteiger partial charge in [0.25, 0.3) is 0 Å². The minimum absolute atomic E-state index is 0.253. The maximum atomic E-state index is 11.0. The number of hydrogen-bond donors (Lipinski definition) is 1. The Balaban J connectivity index is 3.06. The van der Waals surface area contributed by atoms with Crippen LogP contribution < -0.4 is 11.4 Å². The van der Waals surface area contributed by atoms with Gasteiger partial charge in [-0.2, -0.15) is 0 Å². The second-order valence-electron chi connectivity index (χ2n) is 2.51. The highest BCUT2D eigenvalue weighted by molar-refractivity contribution is 7.80. The van der Waals surface area contributed by atoms with Gasteiger partial charge in [-0.1, -0.05) is 12.2 Å². The molecule has 4 nitrogen and oxygen atoms in total. The van der Waals surface area contributed by atoms with Crippen LogP contribution in [-0.4, -0.2) is 14.5 Å². The Kier molecular flexibility index (Phi) is 2.54. The first kappa shape index (κ1) is 8.86. The van der Waals surface area contributed by atoms with Crippen molar-refractivity contribution in [2.45, 2.75) is 13.5 Å². The summed E-state index contributed by atoms with van der Waals surface area (Å²) in [6.45, 7) is 2.10. The van der Waals surface area contributed by atoms with E-state index >= 15 is 0 Å². The SMILES string of the molecule is Cc1cnc(=O)n(CC(N)=S)c1. The van der Waals surface area contributed by atoms with Crippen molar-refractivity contribution < 1.29 is 0 Å². The molecule has 0 aliphatic heterocycles. The summed E-state index contributed by atoms with van der Waals surface area (Å²) in [6.07, 6.45) is 3.19. The van der Waals surface area contributed by atoms with Gasteiger partial charge in [0, 0.05) is 12.4 Å². The highest BCUT2D eigenvalue weighted by atomic mass is 32.1. The number of nitrogens with two attached hydrogens (primary N) is 1. The van der Waals surface area contributed by atoms with Crippen LogP contribution in [0.15, 0.2) is 17.2 Å². The highest BCUT2D eigenvalue weighted by Crippen LogP contribution is 1.89. The molecule has 64 valence electrons. The summed E-state index contributed by atoms with van der Waals surface area (Å²) >= 11 is 4.67. The van der Waals surface area contributed by atoms with Crippen molar-refractivity contribution in [2.24, 2.45) is 5.73 Å². The van der Waals surface area contributed by atoms with E-state index in [-0.39, 0.29) is 17.2 Å². The average molecular weight is 183 g/mol. The summed E-state index contributed by atoms with van der Waals surface area (Å²) in [5.41, 5.74) is 5.87. The van der Waals surface area contributed by atoms with Gasteiger partial charge in [0.1, 0.15) is 0 Å². The molecule has 2 N–H and O–H groups in total. The van der Waals surface area contributed by atoms with Gasteiger partial charge in [-0.3, -0.25) is 4.57 Å². The fourth-order valence-corrected chi connectivity index (χ4v) is 0.986. The van der Waals surface area contributed by atoms with Crippen LogP contribution >= 0.6 is 12.2 Å². The van der Waals surface area contributed by atoms with Crippen molar-refractivity contribution in [1.29, 1.82) is 0 Å². The average Bonchev–Trinajstić information content (AvgIpc) is 1.96. The molecule has 0 spiro atoms. The predicted molar refractivity (Wildman–Crippen MR) is 50.0 cm³/mol. The molecule has 1 aromatic heterocycles. The Hall–Kier alpha value is -1.23. The molecule has 12 heavy (non-hydrogen) atoms. The van der Waals surface area contributed by atoms with E-state index < -0.39 is 0 Å². The van der Waals surface area contributed by atoms with Crippen molar-refractivity contribution >= 4 is 17.2 Å². The molecule has 0 unspecified atom stereocenters. The molecule has 0 atom stereocenters. The second kappa shape index (κ2) is 3.44. The third kappa shape index (κ3) is 2.13. The first-order valence-corrected chi connectivity index (χ1v) is 3.82. The smallest absolute Gasteiger partial charge is 0.347 e. The molecule has 0 saturated carbocycles. The van der Waals surface area contributed by atoms with E-state index in [0.29, 0.717) is 0 Å². The molecule has 0 bridgehead atoms. The van der Waals surface area contributed by atoms with Crippen LogP contribution in [0.1, 0.15) is 5.56 Å². The first-order chi connectivity index (χ1) is 5.59. The molecule has 0 saturated heterocycles. The van der Waals surface area contributed by atoms with E-state index in [2.05, 4.69) is 17.2 Å². The highest BCUT2D eigenvalue weighted by Gasteiger charge is 1.97. The summed E-state index contributed by atoms with van der Waals surface area (Å²) in [7, 11) is 0. The van der Waals surface area contributed by atoms with E-state index in [0.717, 1.165) is 5.56 Å². The Labute approximate surface area is 75.0 Å². The molecule has 1 rings (SSSR count). The summed E-state index contributed by atoms with van der Waals surface area (Å²) < 4.78 is 1.39. The van der Waals surface area contributed by atoms with Crippen LogP contribution in [0.2, 0.25) is 0 Å². The number of thiocarbonyl (C=S) groups is 1. The number of aryl methyl sites for hydroxylation is 1. The fraction of sp³-hybridized carbons (Fsp3) is 0.286. The molecule has 5 heteroatoms. The quantitative estimate of drug-likeness (QED) is 0.647. The van der Waals surface area contributed by atoms with Crippen LogP contribution in [0.5, 0.6) is 0 Å². The van der Waals surface area contributed by atoms with Gasteiger partial charge in [-0.15, -0.1) is 0 Å². The zero-order chi connectivity index (χ0) is 9.14. The molecule has 0 aliphatic rings. The van der Waals surface area contributed by atoms with Crippen LogP contribution in [0.25, 0.3) is 0 Å². The molecule has 0 aliphatic carbocycles. The minimum Gasteiger partial charge on any atom is -0.392 e. The predicted octanol–water partition coefficient (Wildman–Crippen LogP) is -0.162. The largest absolute Gasteiger partial charge is 0.392 e. The normalized spacial score (nSPS) is 9.75. The van der Waals surface area contributed by atoms with Crippen LogP contribution in [0.4, 0.5) is 0 Å². The lowest BCUT2D eigenvalue weighted by atomic mass is 10.4. The summed E-state index contributed by atoms with van der Waals surface area (Å²) in [6, 6.07) is 0. The number of nitrogens with zero attached hydrogens (tertiary/aromatic N) is 2. The third-order valence-electron chi connectivity index (χ3n) is 1.31. The van der Waals surface area contributed by atoms with Gasteiger partial charge >= 0.3 is 5.69 Å². The van der Waals surface area contributed by atoms with Crippen molar-refractivity contribution in [3.05, 3.63) is 28.4 Å². The minimum atomic E-state index is -0.326. The first-order valence-electron chi connectivity index (χ1n) is 3.41. The Morgan fingerprint density at radius 3 is 3.08 bits per heavy atom. The Bertz CT molecular complexity index is 358. The molecule has 0 aromatic carbocycles. The number of rotatable bonds is 2. The van der Waals surface area contributed by atoms with Gasteiger partial charge in [-0.25, -0.2) is 9.78 Å². The zero-order valence-electron chi connectivity index (χ0n) is 6.65. The number of hydrogen-bond acceptors (Lipinski definition) is 3. The maximum Gasteiger partial charge on any atom is 0.347 e. The maximum absolute atomic E-state index is 11.0. The van der Waals surface area contributed by atoms with Crippen LogP contribution in [0, 0.1) is 6.92 Å². The second-order valence-corrected chi connectivity index (χ2v) is 3.03. The standard InChI is InChI=1S/C7H9N3OS/c1-5-2-9-7(11)10(3-5)4-6(8)12/h2-3H,4H2,1H3,(H2,8,12). The van der Waals surface area contributed by atoms with E-state index in [1.807, 2.05) is 6.92 Å². The van der Waals surface area contributed by atoms with Crippen molar-refractivity contribution in [1.82, 2.24) is 9.55 Å². The molecule has 0 radical (unpaired) electrons. The molecule has 1 heterocycles. The van der Waals surface area contributed by atoms with E-state index in [9.17, 15) is 4.79 Å². The number of aromatic nitrogens is 2. The lowest BCUT2D eigenvalue weighted by Crippen LogP contribution is -2.28. The van der Waals surface area contributed by atoms with E-state index in [1.54, 1.807) is 6.20 Å². The molecular formula is C7H9N3OS. The topological polar surface area (TPSA) is 60.9 Å². The van der Waals surface area contributed by atoms with E-state index in [4.69, 9.17) is 5.73 Å². The van der Waals surface area contributed by atoms with Gasteiger partial charge < -0.3 is 5.73 Å². The van der Waals surface area contributed by atoms with Crippen LogP contribution in [-0.2, 0) is 6.54 Å². The Morgan fingerprint density at radius 1 is 1.83 bits per heavy atom. The monoisotopic (exact) mass is 183 g/mol. The lowest BCUT2D eigenvalue weighted by molar-refractivity contribution is 0.760. The van der Waals surface area contributed by atoms with Crippen molar-refractivity contribution in [3.8, 4) is 0 Å².